The summed E-state index contributed by atoms with van der Waals surface area (Å²) in [5.41, 5.74) is 4.72. The molecule has 0 aliphatic carbocycles. The fraction of sp³-hybridized carbons (Fsp3) is 0.750. The van der Waals surface area contributed by atoms with Gasteiger partial charge in [0.2, 0.25) is 0 Å². The van der Waals surface area contributed by atoms with E-state index in [9.17, 15) is 9.59 Å². The smallest absolute Gasteiger partial charge is 0.407 e. The number of nitrogens with two attached hydrogens (primary N) is 1. The molecule has 0 saturated carbocycles. The predicted molar refractivity (Wildman–Crippen MR) is 72.3 cm³/mol. The second-order valence-electron chi connectivity index (χ2n) is 5.01. The zero-order chi connectivity index (χ0) is 16.3. The van der Waals surface area contributed by atoms with Crippen molar-refractivity contribution in [2.75, 3.05) is 13.1 Å². The van der Waals surface area contributed by atoms with Crippen LogP contribution >= 0.6 is 0 Å². The summed E-state index contributed by atoms with van der Waals surface area (Å²) in [7, 11) is 0. The first-order valence-corrected chi connectivity index (χ1v) is 6.08. The molecular weight excluding hydrogens is 268 g/mol. The SMILES string of the molecule is CC(=O)O.CC(C)(C)OC(=O)NCCC(CN)C(=O)O. The van der Waals surface area contributed by atoms with Gasteiger partial charge >= 0.3 is 12.1 Å². The van der Waals surface area contributed by atoms with Crippen molar-refractivity contribution in [3.05, 3.63) is 0 Å². The first-order chi connectivity index (χ1) is 8.99. The number of nitrogens with one attached hydrogen (secondary N) is 1. The van der Waals surface area contributed by atoms with Crippen LogP contribution in [0.25, 0.3) is 0 Å². The Morgan fingerprint density at radius 3 is 2.00 bits per heavy atom. The maximum absolute atomic E-state index is 11.2. The van der Waals surface area contributed by atoms with Gasteiger partial charge < -0.3 is 26.0 Å². The molecule has 1 atom stereocenters. The van der Waals surface area contributed by atoms with E-state index in [0.29, 0.717) is 6.42 Å². The van der Waals surface area contributed by atoms with Crippen LogP contribution in [0.2, 0.25) is 0 Å². The van der Waals surface area contributed by atoms with E-state index in [0.717, 1.165) is 6.92 Å². The standard InChI is InChI=1S/C10H20N2O4.C2H4O2/c1-10(2,3)16-9(15)12-5-4-7(6-11)8(13)14;1-2(3)4/h7H,4-6,11H2,1-3H3,(H,12,15)(H,13,14);1H3,(H,3,4). The third-order valence-electron chi connectivity index (χ3n) is 1.79. The van der Waals surface area contributed by atoms with Gasteiger partial charge in [-0.15, -0.1) is 0 Å². The molecule has 20 heavy (non-hydrogen) atoms. The van der Waals surface area contributed by atoms with Gasteiger partial charge in [0.25, 0.3) is 5.97 Å². The Hall–Kier alpha value is -1.83. The van der Waals surface area contributed by atoms with Crippen LogP contribution in [0.1, 0.15) is 34.1 Å². The number of hydrogen-bond acceptors (Lipinski definition) is 5. The summed E-state index contributed by atoms with van der Waals surface area (Å²) in [6.45, 7) is 6.65. The van der Waals surface area contributed by atoms with E-state index >= 15 is 0 Å². The Labute approximate surface area is 118 Å². The van der Waals surface area contributed by atoms with Crippen LogP contribution in [0.3, 0.4) is 0 Å². The molecule has 0 aliphatic heterocycles. The maximum atomic E-state index is 11.2. The Morgan fingerprint density at radius 1 is 1.25 bits per heavy atom. The van der Waals surface area contributed by atoms with Gasteiger partial charge in [0.15, 0.2) is 0 Å². The normalized spacial score (nSPS) is 11.7. The highest BCUT2D eigenvalue weighted by Gasteiger charge is 2.18. The van der Waals surface area contributed by atoms with E-state index in [1.807, 2.05) is 0 Å². The van der Waals surface area contributed by atoms with Crippen molar-refractivity contribution in [3.8, 4) is 0 Å². The molecule has 0 aromatic heterocycles. The van der Waals surface area contributed by atoms with Crippen molar-refractivity contribution in [2.24, 2.45) is 11.7 Å². The van der Waals surface area contributed by atoms with E-state index in [4.69, 9.17) is 25.5 Å². The molecule has 118 valence electrons. The first kappa shape index (κ1) is 20.5. The van der Waals surface area contributed by atoms with Crippen molar-refractivity contribution in [3.63, 3.8) is 0 Å². The third kappa shape index (κ3) is 16.2. The van der Waals surface area contributed by atoms with E-state index in [-0.39, 0.29) is 13.1 Å². The molecule has 8 nitrogen and oxygen atoms in total. The van der Waals surface area contributed by atoms with Crippen LogP contribution in [0.4, 0.5) is 4.79 Å². The molecule has 0 heterocycles. The fourth-order valence-corrected chi connectivity index (χ4v) is 1.00. The number of carboxylic acid groups (broad SMARTS) is 2. The van der Waals surface area contributed by atoms with Gasteiger partial charge in [-0.25, -0.2) is 4.79 Å². The van der Waals surface area contributed by atoms with E-state index in [1.54, 1.807) is 20.8 Å². The average molecular weight is 292 g/mol. The predicted octanol–water partition coefficient (Wildman–Crippen LogP) is 0.652. The van der Waals surface area contributed by atoms with Crippen LogP contribution in [0.15, 0.2) is 0 Å². The largest absolute Gasteiger partial charge is 0.481 e. The number of carboxylic acids is 2. The number of hydrogen-bond donors (Lipinski definition) is 4. The summed E-state index contributed by atoms with van der Waals surface area (Å²) < 4.78 is 4.98. The van der Waals surface area contributed by atoms with Gasteiger partial charge in [0, 0.05) is 20.0 Å². The van der Waals surface area contributed by atoms with Crippen molar-refractivity contribution < 1.29 is 29.3 Å². The third-order valence-corrected chi connectivity index (χ3v) is 1.79. The molecule has 0 bridgehead atoms. The van der Waals surface area contributed by atoms with Crippen molar-refractivity contribution in [1.82, 2.24) is 5.32 Å². The first-order valence-electron chi connectivity index (χ1n) is 6.08. The monoisotopic (exact) mass is 292 g/mol. The van der Waals surface area contributed by atoms with Crippen LogP contribution < -0.4 is 11.1 Å². The topological polar surface area (TPSA) is 139 Å². The minimum Gasteiger partial charge on any atom is -0.481 e. The van der Waals surface area contributed by atoms with Crippen molar-refractivity contribution >= 4 is 18.0 Å². The minimum atomic E-state index is -0.950. The minimum absolute atomic E-state index is 0.0608. The molecular formula is C12H24N2O6. The lowest BCUT2D eigenvalue weighted by molar-refractivity contribution is -0.141. The number of carbonyl (C=O) groups excluding carboxylic acids is 1. The van der Waals surface area contributed by atoms with Crippen LogP contribution in [-0.4, -0.2) is 46.9 Å². The van der Waals surface area contributed by atoms with E-state index in [1.165, 1.54) is 0 Å². The Morgan fingerprint density at radius 2 is 1.70 bits per heavy atom. The number of alkyl carbamates (subject to hydrolysis) is 1. The summed E-state index contributed by atoms with van der Waals surface area (Å²) in [6, 6.07) is 0. The number of amides is 1. The summed E-state index contributed by atoms with van der Waals surface area (Å²) in [4.78, 5) is 30.8. The van der Waals surface area contributed by atoms with Gasteiger partial charge in [-0.2, -0.15) is 0 Å². The molecule has 0 aromatic rings. The Kier molecular flexibility index (Phi) is 10.3. The molecule has 0 spiro atoms. The lowest BCUT2D eigenvalue weighted by Gasteiger charge is -2.20. The summed E-state index contributed by atoms with van der Waals surface area (Å²) >= 11 is 0. The summed E-state index contributed by atoms with van der Waals surface area (Å²) in [5.74, 6) is -2.41. The molecule has 0 fully saturated rings. The van der Waals surface area contributed by atoms with Gasteiger partial charge in [-0.1, -0.05) is 0 Å². The number of carbonyl (C=O) groups is 3. The van der Waals surface area contributed by atoms with Crippen LogP contribution in [0, 0.1) is 5.92 Å². The molecule has 1 unspecified atom stereocenters. The lowest BCUT2D eigenvalue weighted by atomic mass is 10.1. The lowest BCUT2D eigenvalue weighted by Crippen LogP contribution is -2.35. The molecule has 1 amide bonds. The van der Waals surface area contributed by atoms with Crippen LogP contribution in [0.5, 0.6) is 0 Å². The highest BCUT2D eigenvalue weighted by Crippen LogP contribution is 2.06. The van der Waals surface area contributed by atoms with Gasteiger partial charge in [-0.3, -0.25) is 9.59 Å². The fourth-order valence-electron chi connectivity index (χ4n) is 1.00. The molecule has 0 aliphatic rings. The van der Waals surface area contributed by atoms with E-state index < -0.39 is 29.6 Å². The van der Waals surface area contributed by atoms with Gasteiger partial charge in [-0.05, 0) is 27.2 Å². The number of aliphatic carboxylic acids is 2. The zero-order valence-corrected chi connectivity index (χ0v) is 12.3. The Balaban J connectivity index is 0. The molecule has 5 N–H and O–H groups in total. The van der Waals surface area contributed by atoms with Gasteiger partial charge in [0.1, 0.15) is 5.60 Å². The van der Waals surface area contributed by atoms with Crippen molar-refractivity contribution in [1.29, 1.82) is 0 Å². The molecule has 0 aromatic carbocycles. The molecule has 0 rings (SSSR count). The second-order valence-corrected chi connectivity index (χ2v) is 5.01. The molecule has 8 heteroatoms. The quantitative estimate of drug-likeness (QED) is 0.583. The Bertz CT molecular complexity index is 320. The van der Waals surface area contributed by atoms with E-state index in [2.05, 4.69) is 5.32 Å². The van der Waals surface area contributed by atoms with Crippen molar-refractivity contribution in [2.45, 2.75) is 39.7 Å². The number of ether oxygens (including phenoxy) is 1. The second kappa shape index (κ2) is 10.0. The van der Waals surface area contributed by atoms with Crippen LogP contribution in [-0.2, 0) is 14.3 Å². The zero-order valence-electron chi connectivity index (χ0n) is 12.3. The highest BCUT2D eigenvalue weighted by atomic mass is 16.6. The molecule has 0 saturated heterocycles. The molecule has 0 radical (unpaired) electrons. The van der Waals surface area contributed by atoms with Gasteiger partial charge in [0.05, 0.1) is 5.92 Å². The average Bonchev–Trinajstić information content (AvgIpc) is 2.20. The highest BCUT2D eigenvalue weighted by molar-refractivity contribution is 5.70. The maximum Gasteiger partial charge on any atom is 0.407 e. The number of rotatable bonds is 5. The summed E-state index contributed by atoms with van der Waals surface area (Å²) in [6.07, 6.45) is -0.251. The summed E-state index contributed by atoms with van der Waals surface area (Å²) in [5, 5.41) is 18.6.